The minimum absolute atomic E-state index is 0.819. The smallest absolute Gasteiger partial charge is 0.143 e. The Labute approximate surface area is 855 Å². The molecule has 6 heterocycles. The van der Waals surface area contributed by atoms with Crippen molar-refractivity contribution >= 4 is 196 Å². The summed E-state index contributed by atoms with van der Waals surface area (Å²) < 4.78 is 19.8. The van der Waals surface area contributed by atoms with Crippen LogP contribution in [0.15, 0.2) is 499 Å². The highest BCUT2D eigenvalue weighted by molar-refractivity contribution is 6.30. The third-order valence-corrected chi connectivity index (χ3v) is 30.2. The molecule has 0 bridgehead atoms. The van der Waals surface area contributed by atoms with Crippen molar-refractivity contribution < 1.29 is 13.3 Å². The molecular weight excluding hydrogens is 1810 g/mol. The average Bonchev–Trinajstić information content (AvgIpc) is 1.73. The first-order chi connectivity index (χ1) is 73.7. The summed E-state index contributed by atoms with van der Waals surface area (Å²) >= 11 is 0. The van der Waals surface area contributed by atoms with Gasteiger partial charge in [-0.2, -0.15) is 0 Å². The fourth-order valence-electron chi connectivity index (χ4n) is 23.1. The largest absolute Gasteiger partial charge is 0.455 e. The molecule has 0 fully saturated rings. The van der Waals surface area contributed by atoms with Gasteiger partial charge in [-0.1, -0.05) is 418 Å². The van der Waals surface area contributed by atoms with Crippen molar-refractivity contribution in [3.8, 4) is 112 Å². The van der Waals surface area contributed by atoms with Gasteiger partial charge in [0.25, 0.3) is 0 Å². The number of fused-ring (bicyclic) bond motifs is 33. The average molecular weight is 1900 g/mol. The van der Waals surface area contributed by atoms with Crippen molar-refractivity contribution in [2.45, 2.75) is 13.8 Å². The molecule has 0 atom stereocenters. The third kappa shape index (κ3) is 14.5. The highest BCUT2D eigenvalue weighted by atomic mass is 16.3. The molecule has 0 amide bonds. The van der Waals surface area contributed by atoms with Crippen LogP contribution in [-0.2, 0) is 0 Å². The second-order valence-corrected chi connectivity index (χ2v) is 39.0. The molecule has 9 heteroatoms. The van der Waals surface area contributed by atoms with Crippen LogP contribution in [0, 0.1) is 13.8 Å². The molecule has 149 heavy (non-hydrogen) atoms. The maximum absolute atomic E-state index is 6.67. The van der Waals surface area contributed by atoms with Gasteiger partial charge in [0.05, 0.1) is 68.8 Å². The Kier molecular flexibility index (Phi) is 20.3. The quantitative estimate of drug-likeness (QED) is 0.123. The Hall–Kier alpha value is -19.7. The first-order valence-corrected chi connectivity index (χ1v) is 50.6. The molecule has 31 aromatic rings. The van der Waals surface area contributed by atoms with E-state index in [1.807, 2.05) is 48.9 Å². The van der Waals surface area contributed by atoms with Crippen molar-refractivity contribution in [3.05, 3.63) is 497 Å². The zero-order chi connectivity index (χ0) is 98.4. The normalized spacial score (nSPS) is 11.8. The molecule has 0 aliphatic rings. The Balaban J connectivity index is 0.000000106. The number of aromatic nitrogens is 6. The van der Waals surface area contributed by atoms with Gasteiger partial charge in [-0.3, -0.25) is 15.0 Å². The number of hydrogen-bond donors (Lipinski definition) is 0. The standard InChI is InChI=1S/2C50H30N2O.C40H26N2O/c1-3-13-31(14-4-1)33-23-25-39-42(27-33)43-28-34(32-15-5-2-6-16-32)24-26-40(43)49-48(39)51-30-45(52-49)38-20-10-9-19-37(38)44-29-35-17-7-8-18-36(35)47-41-21-11-12-22-46(41)53-50(44)47;1-3-11-31(12-4-1)35-23-25-39-40-26-24-36(32-13-5-2-6-14-32)28-44(40)49-48(43(39)27-35)51-30-45(52-49)34-21-19-33(20-22-34)42-29-37-15-7-8-16-38(37)47-41-17-9-10-18-46(41)53-50(42)47;1-23-15-17-29-32(19-23)33-20-24(2)16-18-30(33)39-38(29)41-22-35(42-39)28-12-6-5-11-27(28)34-21-25-9-3-4-10-26(25)37-31-13-7-8-14-36(31)43-40(34)37/h2*1-30H;3-22H,1-2H3. The van der Waals surface area contributed by atoms with Crippen LogP contribution in [0.5, 0.6) is 0 Å². The number of nitrogens with zero attached hydrogens (tertiary/aromatic N) is 6. The fraction of sp³-hybridized carbons (Fsp3) is 0.0143. The Bertz CT molecular complexity index is 10900. The van der Waals surface area contributed by atoms with Gasteiger partial charge in [0.15, 0.2) is 0 Å². The van der Waals surface area contributed by atoms with Crippen LogP contribution in [0.2, 0.25) is 0 Å². The lowest BCUT2D eigenvalue weighted by atomic mass is 9.92. The molecule has 0 aliphatic carbocycles. The molecule has 0 saturated heterocycles. The van der Waals surface area contributed by atoms with Gasteiger partial charge in [0.2, 0.25) is 0 Å². The van der Waals surface area contributed by atoms with Crippen LogP contribution >= 0.6 is 0 Å². The number of hydrogen-bond acceptors (Lipinski definition) is 9. The monoisotopic (exact) mass is 1900 g/mol. The van der Waals surface area contributed by atoms with E-state index in [1.54, 1.807) is 0 Å². The van der Waals surface area contributed by atoms with Gasteiger partial charge in [-0.05, 0) is 200 Å². The Morgan fingerprint density at radius 3 is 0.826 bits per heavy atom. The minimum Gasteiger partial charge on any atom is -0.455 e. The highest BCUT2D eigenvalue weighted by Gasteiger charge is 2.27. The molecule has 25 aromatic carbocycles. The van der Waals surface area contributed by atoms with E-state index in [0.29, 0.717) is 0 Å². The van der Waals surface area contributed by atoms with Crippen LogP contribution in [0.1, 0.15) is 11.1 Å². The molecule has 0 spiro atoms. The Morgan fingerprint density at radius 1 is 0.154 bits per heavy atom. The first kappa shape index (κ1) is 86.0. The molecule has 0 unspecified atom stereocenters. The van der Waals surface area contributed by atoms with E-state index in [2.05, 4.69) is 451 Å². The second kappa shape index (κ2) is 35.1. The van der Waals surface area contributed by atoms with E-state index in [-0.39, 0.29) is 0 Å². The number of para-hydroxylation sites is 3. The van der Waals surface area contributed by atoms with E-state index in [0.717, 1.165) is 220 Å². The molecule has 9 nitrogen and oxygen atoms in total. The lowest BCUT2D eigenvalue weighted by molar-refractivity contribution is 0.670. The summed E-state index contributed by atoms with van der Waals surface area (Å²) in [4.78, 5) is 31.7. The number of aryl methyl sites for hydroxylation is 2. The van der Waals surface area contributed by atoms with E-state index in [1.165, 1.54) is 98.4 Å². The second-order valence-electron chi connectivity index (χ2n) is 39.0. The van der Waals surface area contributed by atoms with Gasteiger partial charge >= 0.3 is 0 Å². The van der Waals surface area contributed by atoms with Gasteiger partial charge in [-0.25, -0.2) is 15.0 Å². The van der Waals surface area contributed by atoms with Gasteiger partial charge in [0, 0.05) is 98.0 Å². The minimum atomic E-state index is 0.819. The molecular formula is C140H86N6O3. The van der Waals surface area contributed by atoms with E-state index in [9.17, 15) is 0 Å². The molecule has 694 valence electrons. The van der Waals surface area contributed by atoms with Crippen molar-refractivity contribution in [1.29, 1.82) is 0 Å². The van der Waals surface area contributed by atoms with Gasteiger partial charge < -0.3 is 13.3 Å². The first-order valence-electron chi connectivity index (χ1n) is 50.6. The van der Waals surface area contributed by atoms with E-state index >= 15 is 0 Å². The summed E-state index contributed by atoms with van der Waals surface area (Å²) in [5, 5.41) is 27.6. The maximum atomic E-state index is 6.67. The summed E-state index contributed by atoms with van der Waals surface area (Å²) in [5.41, 5.74) is 34.6. The highest BCUT2D eigenvalue weighted by Crippen LogP contribution is 2.51. The summed E-state index contributed by atoms with van der Waals surface area (Å²) in [6, 6.07) is 165. The van der Waals surface area contributed by atoms with E-state index < -0.39 is 0 Å². The topological polar surface area (TPSA) is 117 Å². The van der Waals surface area contributed by atoms with Crippen LogP contribution in [0.4, 0.5) is 0 Å². The maximum Gasteiger partial charge on any atom is 0.143 e. The summed E-state index contributed by atoms with van der Waals surface area (Å²) in [6.45, 7) is 4.29. The summed E-state index contributed by atoms with van der Waals surface area (Å²) in [6.07, 6.45) is 5.79. The summed E-state index contributed by atoms with van der Waals surface area (Å²) in [5.74, 6) is 0. The lowest BCUT2D eigenvalue weighted by Crippen LogP contribution is -1.95. The predicted octanol–water partition coefficient (Wildman–Crippen LogP) is 38.3. The molecule has 0 aliphatic heterocycles. The molecule has 6 aromatic heterocycles. The zero-order valence-corrected chi connectivity index (χ0v) is 81.1. The van der Waals surface area contributed by atoms with Crippen molar-refractivity contribution in [2.75, 3.05) is 0 Å². The van der Waals surface area contributed by atoms with Crippen LogP contribution in [0.3, 0.4) is 0 Å². The third-order valence-electron chi connectivity index (χ3n) is 30.2. The Morgan fingerprint density at radius 2 is 0.423 bits per heavy atom. The SMILES string of the molecule is Cc1ccc2c(c1)c1cc(C)ccc1c1nc(-c3ccccc3-c3cc4ccccc4c4c3oc3ccccc34)cnc21.c1ccc(-c2ccc3c(c2)c2cc(-c4ccccc4)ccc2c2nc(-c4ccccc4-c4cc5ccccc5c5c4oc4ccccc45)cnc32)cc1.c1ccc(-c2ccc3c4ccc(-c5ccccc5)cc4c4nc(-c5ccc(-c6cc7ccccc7c7c6oc6ccccc67)cc5)cnc4c3c2)cc1. The molecule has 0 N–H and O–H groups in total. The molecule has 0 radical (unpaired) electrons. The zero-order valence-electron chi connectivity index (χ0n) is 81.1. The van der Waals surface area contributed by atoms with Crippen molar-refractivity contribution in [1.82, 2.24) is 29.9 Å². The number of furan rings is 3. The van der Waals surface area contributed by atoms with Gasteiger partial charge in [0.1, 0.15) is 33.5 Å². The lowest BCUT2D eigenvalue weighted by Gasteiger charge is -2.15. The van der Waals surface area contributed by atoms with Gasteiger partial charge in [-0.15, -0.1) is 0 Å². The number of rotatable bonds is 10. The van der Waals surface area contributed by atoms with Crippen molar-refractivity contribution in [2.24, 2.45) is 0 Å². The predicted molar refractivity (Wildman–Crippen MR) is 622 cm³/mol. The van der Waals surface area contributed by atoms with Crippen molar-refractivity contribution in [3.63, 3.8) is 0 Å². The van der Waals surface area contributed by atoms with Crippen LogP contribution in [-0.4, -0.2) is 29.9 Å². The number of benzene rings is 25. The van der Waals surface area contributed by atoms with E-state index in [4.69, 9.17) is 43.2 Å². The molecule has 31 rings (SSSR count). The molecule has 0 saturated carbocycles. The fourth-order valence-corrected chi connectivity index (χ4v) is 23.1. The summed E-state index contributed by atoms with van der Waals surface area (Å²) in [7, 11) is 0. The van der Waals surface area contributed by atoms with Crippen LogP contribution in [0.25, 0.3) is 308 Å². The van der Waals surface area contributed by atoms with Crippen LogP contribution < -0.4 is 0 Å².